The van der Waals surface area contributed by atoms with E-state index in [1.165, 1.54) is 6.26 Å². The molecule has 1 aliphatic rings. The van der Waals surface area contributed by atoms with Crippen LogP contribution in [0, 0.1) is 0 Å². The number of nitrogens with zero attached hydrogens (tertiary/aromatic N) is 4. The summed E-state index contributed by atoms with van der Waals surface area (Å²) in [6.07, 6.45) is 3.32. The summed E-state index contributed by atoms with van der Waals surface area (Å²) in [6.45, 7) is 2.50. The number of aromatic nitrogens is 2. The van der Waals surface area contributed by atoms with Gasteiger partial charge in [-0.1, -0.05) is 30.3 Å². The maximum absolute atomic E-state index is 12.5. The highest BCUT2D eigenvalue weighted by Crippen LogP contribution is 2.12. The summed E-state index contributed by atoms with van der Waals surface area (Å²) in [5.41, 5.74) is 1.14. The van der Waals surface area contributed by atoms with Crippen molar-refractivity contribution in [1.29, 1.82) is 0 Å². The molecule has 0 bridgehead atoms. The van der Waals surface area contributed by atoms with Crippen molar-refractivity contribution in [3.63, 3.8) is 0 Å². The fourth-order valence-electron chi connectivity index (χ4n) is 3.14. The Labute approximate surface area is 162 Å². The Morgan fingerprint density at radius 3 is 2.43 bits per heavy atom. The van der Waals surface area contributed by atoms with Crippen molar-refractivity contribution in [2.24, 2.45) is 0 Å². The number of rotatable bonds is 4. The van der Waals surface area contributed by atoms with Crippen LogP contribution in [-0.2, 0) is 6.54 Å². The van der Waals surface area contributed by atoms with Gasteiger partial charge in [-0.2, -0.15) is 5.10 Å². The molecular formula is C20H21N5O3. The van der Waals surface area contributed by atoms with Crippen molar-refractivity contribution in [3.8, 4) is 0 Å². The second kappa shape index (κ2) is 7.99. The third-order valence-electron chi connectivity index (χ3n) is 4.65. The minimum Gasteiger partial charge on any atom is -0.459 e. The number of benzene rings is 1. The van der Waals surface area contributed by atoms with E-state index in [-0.39, 0.29) is 11.9 Å². The molecule has 3 heterocycles. The maximum atomic E-state index is 12.5. The summed E-state index contributed by atoms with van der Waals surface area (Å²) in [6, 6.07) is 14.9. The van der Waals surface area contributed by atoms with Crippen molar-refractivity contribution < 1.29 is 14.0 Å². The van der Waals surface area contributed by atoms with Crippen molar-refractivity contribution in [2.45, 2.75) is 6.54 Å². The smallest absolute Gasteiger partial charge is 0.323 e. The molecule has 1 N–H and O–H groups in total. The predicted octanol–water partition coefficient (Wildman–Crippen LogP) is 2.51. The third kappa shape index (κ3) is 4.06. The standard InChI is InChI=1S/C20H21N5O3/c26-19(17-7-4-14-28-17)23-10-12-24(13-11-23)20(27)21-18-8-9-25(22-18)15-16-5-2-1-3-6-16/h1-9,14H,10-13,15H2,(H,21,22,27). The van der Waals surface area contributed by atoms with Gasteiger partial charge in [-0.25, -0.2) is 4.79 Å². The van der Waals surface area contributed by atoms with Crippen LogP contribution in [-0.4, -0.2) is 57.7 Å². The van der Waals surface area contributed by atoms with Crippen LogP contribution in [0.2, 0.25) is 0 Å². The summed E-state index contributed by atoms with van der Waals surface area (Å²) < 4.78 is 6.93. The van der Waals surface area contributed by atoms with E-state index in [1.54, 1.807) is 32.7 Å². The average Bonchev–Trinajstić information content (AvgIpc) is 3.41. The summed E-state index contributed by atoms with van der Waals surface area (Å²) in [7, 11) is 0. The minimum absolute atomic E-state index is 0.148. The minimum atomic E-state index is -0.213. The number of amides is 3. The van der Waals surface area contributed by atoms with E-state index in [1.807, 2.05) is 36.5 Å². The summed E-state index contributed by atoms with van der Waals surface area (Å²) >= 11 is 0. The number of anilines is 1. The lowest BCUT2D eigenvalue weighted by molar-refractivity contribution is 0.0640. The number of furan rings is 1. The highest BCUT2D eigenvalue weighted by molar-refractivity contribution is 5.92. The lowest BCUT2D eigenvalue weighted by Crippen LogP contribution is -2.51. The second-order valence-electron chi connectivity index (χ2n) is 6.57. The number of hydrogen-bond donors (Lipinski definition) is 1. The van der Waals surface area contributed by atoms with Crippen LogP contribution in [0.5, 0.6) is 0 Å². The van der Waals surface area contributed by atoms with Gasteiger partial charge in [0, 0.05) is 38.4 Å². The van der Waals surface area contributed by atoms with Gasteiger partial charge in [-0.15, -0.1) is 0 Å². The molecule has 0 saturated carbocycles. The second-order valence-corrected chi connectivity index (χ2v) is 6.57. The highest BCUT2D eigenvalue weighted by Gasteiger charge is 2.26. The van der Waals surface area contributed by atoms with Crippen LogP contribution in [0.4, 0.5) is 10.6 Å². The molecule has 144 valence electrons. The van der Waals surface area contributed by atoms with Crippen molar-refractivity contribution in [3.05, 3.63) is 72.3 Å². The molecule has 0 aliphatic carbocycles. The first-order chi connectivity index (χ1) is 13.7. The molecule has 8 nitrogen and oxygen atoms in total. The zero-order valence-electron chi connectivity index (χ0n) is 15.3. The Hall–Kier alpha value is -3.55. The molecule has 0 unspecified atom stereocenters. The SMILES string of the molecule is O=C(Nc1ccn(Cc2ccccc2)n1)N1CCN(C(=O)c2ccco2)CC1. The Morgan fingerprint density at radius 1 is 0.964 bits per heavy atom. The van der Waals surface area contributed by atoms with Gasteiger partial charge in [0.05, 0.1) is 12.8 Å². The molecule has 1 aromatic carbocycles. The monoisotopic (exact) mass is 379 g/mol. The molecule has 28 heavy (non-hydrogen) atoms. The van der Waals surface area contributed by atoms with Crippen LogP contribution in [0.15, 0.2) is 65.4 Å². The van der Waals surface area contributed by atoms with Crippen molar-refractivity contribution in [2.75, 3.05) is 31.5 Å². The Morgan fingerprint density at radius 2 is 1.71 bits per heavy atom. The number of urea groups is 1. The lowest BCUT2D eigenvalue weighted by atomic mass is 10.2. The molecule has 2 aromatic heterocycles. The molecule has 4 rings (SSSR count). The Bertz CT molecular complexity index is 928. The molecule has 1 saturated heterocycles. The highest BCUT2D eigenvalue weighted by atomic mass is 16.3. The summed E-state index contributed by atoms with van der Waals surface area (Å²) in [4.78, 5) is 28.1. The zero-order chi connectivity index (χ0) is 19.3. The first-order valence-electron chi connectivity index (χ1n) is 9.15. The van der Waals surface area contributed by atoms with Crippen LogP contribution in [0.25, 0.3) is 0 Å². The normalized spacial score (nSPS) is 14.1. The first-order valence-corrected chi connectivity index (χ1v) is 9.15. The van der Waals surface area contributed by atoms with E-state index in [0.29, 0.717) is 44.3 Å². The molecule has 8 heteroatoms. The van der Waals surface area contributed by atoms with E-state index >= 15 is 0 Å². The molecule has 0 atom stereocenters. The lowest BCUT2D eigenvalue weighted by Gasteiger charge is -2.34. The number of hydrogen-bond acceptors (Lipinski definition) is 4. The quantitative estimate of drug-likeness (QED) is 0.755. The number of carbonyl (C=O) groups excluding carboxylic acids is 2. The van der Waals surface area contributed by atoms with Gasteiger partial charge in [-0.3, -0.25) is 14.8 Å². The number of nitrogens with one attached hydrogen (secondary N) is 1. The van der Waals surface area contributed by atoms with Crippen molar-refractivity contribution in [1.82, 2.24) is 19.6 Å². The molecule has 3 aromatic rings. The van der Waals surface area contributed by atoms with Crippen LogP contribution < -0.4 is 5.32 Å². The number of carbonyl (C=O) groups is 2. The Balaban J connectivity index is 1.28. The van der Waals surface area contributed by atoms with Crippen molar-refractivity contribution >= 4 is 17.8 Å². The number of piperazine rings is 1. The van der Waals surface area contributed by atoms with Crippen LogP contribution in [0.3, 0.4) is 0 Å². The average molecular weight is 379 g/mol. The molecule has 1 fully saturated rings. The van der Waals surface area contributed by atoms with E-state index in [0.717, 1.165) is 5.56 Å². The van der Waals surface area contributed by atoms with Crippen LogP contribution >= 0.6 is 0 Å². The van der Waals surface area contributed by atoms with E-state index in [2.05, 4.69) is 10.4 Å². The van der Waals surface area contributed by atoms with E-state index in [9.17, 15) is 9.59 Å². The van der Waals surface area contributed by atoms with Gasteiger partial charge in [0.25, 0.3) is 5.91 Å². The van der Waals surface area contributed by atoms with E-state index in [4.69, 9.17) is 4.42 Å². The van der Waals surface area contributed by atoms with Gasteiger partial charge in [0.1, 0.15) is 0 Å². The Kier molecular flexibility index (Phi) is 5.09. The maximum Gasteiger partial charge on any atom is 0.323 e. The van der Waals surface area contributed by atoms with Crippen LogP contribution in [0.1, 0.15) is 16.1 Å². The summed E-state index contributed by atoms with van der Waals surface area (Å²) in [5, 5.41) is 7.22. The van der Waals surface area contributed by atoms with Gasteiger partial charge < -0.3 is 14.2 Å². The molecule has 0 radical (unpaired) electrons. The van der Waals surface area contributed by atoms with Gasteiger partial charge in [0.15, 0.2) is 11.6 Å². The molecule has 1 aliphatic heterocycles. The molecule has 0 spiro atoms. The molecule has 3 amide bonds. The fourth-order valence-corrected chi connectivity index (χ4v) is 3.14. The first kappa shape index (κ1) is 17.8. The van der Waals surface area contributed by atoms with Gasteiger partial charge in [-0.05, 0) is 17.7 Å². The third-order valence-corrected chi connectivity index (χ3v) is 4.65. The van der Waals surface area contributed by atoms with E-state index < -0.39 is 0 Å². The van der Waals surface area contributed by atoms with Gasteiger partial charge in [0.2, 0.25) is 0 Å². The summed E-state index contributed by atoms with van der Waals surface area (Å²) in [5.74, 6) is 0.682. The van der Waals surface area contributed by atoms with Gasteiger partial charge >= 0.3 is 6.03 Å². The fraction of sp³-hybridized carbons (Fsp3) is 0.250. The zero-order valence-corrected chi connectivity index (χ0v) is 15.3. The topological polar surface area (TPSA) is 83.6 Å². The largest absolute Gasteiger partial charge is 0.459 e. The molecular weight excluding hydrogens is 358 g/mol. The predicted molar refractivity (Wildman–Crippen MR) is 103 cm³/mol.